The largest absolute Gasteiger partial charge is 0.491 e. The lowest BCUT2D eigenvalue weighted by atomic mass is 10.2. The van der Waals surface area contributed by atoms with Gasteiger partial charge in [-0.2, -0.15) is 5.26 Å². The van der Waals surface area contributed by atoms with Gasteiger partial charge in [-0.3, -0.25) is 4.79 Å². The molecule has 0 atom stereocenters. The number of aromatic nitrogens is 1. The fourth-order valence-electron chi connectivity index (χ4n) is 2.51. The van der Waals surface area contributed by atoms with Crippen molar-refractivity contribution >= 4 is 23.1 Å². The second-order valence-electron chi connectivity index (χ2n) is 6.39. The summed E-state index contributed by atoms with van der Waals surface area (Å²) >= 11 is 0. The average Bonchev–Trinajstić information content (AvgIpc) is 2.70. The number of amides is 1. The third kappa shape index (κ3) is 5.08. The molecule has 0 saturated heterocycles. The number of benzene rings is 2. The Balaban J connectivity index is 1.67. The summed E-state index contributed by atoms with van der Waals surface area (Å²) in [5.74, 6) is 1.06. The molecule has 6 nitrogen and oxygen atoms in total. The van der Waals surface area contributed by atoms with Gasteiger partial charge >= 0.3 is 0 Å². The van der Waals surface area contributed by atoms with Crippen LogP contribution in [0.5, 0.6) is 5.75 Å². The molecule has 0 fully saturated rings. The molecule has 3 rings (SSSR count). The lowest BCUT2D eigenvalue weighted by Crippen LogP contribution is -2.12. The Bertz CT molecular complexity index is 990. The molecule has 28 heavy (non-hydrogen) atoms. The SMILES string of the molecule is CC(C)Oc1ccc(NC(=O)c2ccnc(Nc3ccc(C#N)cc3)c2)cc1. The summed E-state index contributed by atoms with van der Waals surface area (Å²) in [4.78, 5) is 16.8. The quantitative estimate of drug-likeness (QED) is 0.653. The predicted octanol–water partition coefficient (Wildman–Crippen LogP) is 4.74. The Kier molecular flexibility index (Phi) is 5.87. The van der Waals surface area contributed by atoms with Crippen LogP contribution in [-0.2, 0) is 0 Å². The van der Waals surface area contributed by atoms with Crippen LogP contribution >= 0.6 is 0 Å². The van der Waals surface area contributed by atoms with E-state index in [2.05, 4.69) is 21.7 Å². The molecule has 2 aromatic carbocycles. The van der Waals surface area contributed by atoms with Gasteiger partial charge in [-0.25, -0.2) is 4.98 Å². The van der Waals surface area contributed by atoms with E-state index in [1.54, 1.807) is 54.7 Å². The predicted molar refractivity (Wildman–Crippen MR) is 109 cm³/mol. The van der Waals surface area contributed by atoms with Crippen LogP contribution in [0.3, 0.4) is 0 Å². The van der Waals surface area contributed by atoms with Gasteiger partial charge in [0, 0.05) is 23.1 Å². The molecule has 0 unspecified atom stereocenters. The maximum Gasteiger partial charge on any atom is 0.255 e. The number of nitrogens with zero attached hydrogens (tertiary/aromatic N) is 2. The van der Waals surface area contributed by atoms with Crippen molar-refractivity contribution in [2.24, 2.45) is 0 Å². The van der Waals surface area contributed by atoms with Crippen LogP contribution in [-0.4, -0.2) is 17.0 Å². The van der Waals surface area contributed by atoms with Crippen molar-refractivity contribution in [1.82, 2.24) is 4.98 Å². The molecule has 1 amide bonds. The van der Waals surface area contributed by atoms with Gasteiger partial charge in [0.1, 0.15) is 11.6 Å². The summed E-state index contributed by atoms with van der Waals surface area (Å²) in [5, 5.41) is 14.8. The van der Waals surface area contributed by atoms with Crippen LogP contribution in [0.2, 0.25) is 0 Å². The van der Waals surface area contributed by atoms with Gasteiger partial charge in [0.05, 0.1) is 17.7 Å². The number of rotatable bonds is 6. The molecule has 2 N–H and O–H groups in total. The third-order valence-electron chi connectivity index (χ3n) is 3.79. The van der Waals surface area contributed by atoms with Gasteiger partial charge in [-0.1, -0.05) is 0 Å². The average molecular weight is 372 g/mol. The van der Waals surface area contributed by atoms with E-state index in [-0.39, 0.29) is 12.0 Å². The normalized spacial score (nSPS) is 10.2. The van der Waals surface area contributed by atoms with Crippen molar-refractivity contribution in [3.63, 3.8) is 0 Å². The van der Waals surface area contributed by atoms with E-state index in [9.17, 15) is 4.79 Å². The number of nitrogens with one attached hydrogen (secondary N) is 2. The Morgan fingerprint density at radius 1 is 1.04 bits per heavy atom. The highest BCUT2D eigenvalue weighted by molar-refractivity contribution is 6.04. The second kappa shape index (κ2) is 8.69. The molecule has 0 saturated carbocycles. The minimum Gasteiger partial charge on any atom is -0.491 e. The molecule has 0 aliphatic rings. The molecule has 1 aromatic heterocycles. The lowest BCUT2D eigenvalue weighted by molar-refractivity contribution is 0.102. The number of hydrogen-bond donors (Lipinski definition) is 2. The van der Waals surface area contributed by atoms with E-state index in [4.69, 9.17) is 10.00 Å². The van der Waals surface area contributed by atoms with Gasteiger partial charge in [0.2, 0.25) is 0 Å². The van der Waals surface area contributed by atoms with Gasteiger partial charge in [-0.05, 0) is 74.5 Å². The highest BCUT2D eigenvalue weighted by atomic mass is 16.5. The number of ether oxygens (including phenoxy) is 1. The first-order chi connectivity index (χ1) is 13.5. The highest BCUT2D eigenvalue weighted by Gasteiger charge is 2.08. The number of carbonyl (C=O) groups excluding carboxylic acids is 1. The van der Waals surface area contributed by atoms with Gasteiger partial charge in [0.25, 0.3) is 5.91 Å². The molecule has 0 spiro atoms. The van der Waals surface area contributed by atoms with Crippen molar-refractivity contribution in [1.29, 1.82) is 5.26 Å². The van der Waals surface area contributed by atoms with Crippen molar-refractivity contribution in [2.45, 2.75) is 20.0 Å². The Morgan fingerprint density at radius 2 is 1.71 bits per heavy atom. The van der Waals surface area contributed by atoms with E-state index in [1.807, 2.05) is 26.0 Å². The molecular formula is C22H20N4O2. The number of pyridine rings is 1. The van der Waals surface area contributed by atoms with Crippen molar-refractivity contribution in [3.05, 3.63) is 78.0 Å². The molecule has 0 radical (unpaired) electrons. The Labute approximate surface area is 163 Å². The number of anilines is 3. The minimum atomic E-state index is -0.234. The standard InChI is InChI=1S/C22H20N4O2/c1-15(2)28-20-9-7-19(8-10-20)26-22(27)17-11-12-24-21(13-17)25-18-5-3-16(14-23)4-6-18/h3-13,15H,1-2H3,(H,24,25)(H,26,27). The fraction of sp³-hybridized carbons (Fsp3) is 0.136. The monoisotopic (exact) mass is 372 g/mol. The van der Waals surface area contributed by atoms with Crippen molar-refractivity contribution in [2.75, 3.05) is 10.6 Å². The first-order valence-corrected chi connectivity index (χ1v) is 8.85. The summed E-state index contributed by atoms with van der Waals surface area (Å²) in [6, 6.07) is 19.6. The van der Waals surface area contributed by atoms with Crippen LogP contribution in [0.25, 0.3) is 0 Å². The molecule has 0 aliphatic heterocycles. The maximum absolute atomic E-state index is 12.5. The lowest BCUT2D eigenvalue weighted by Gasteiger charge is -2.11. The molecule has 1 heterocycles. The molecule has 3 aromatic rings. The Morgan fingerprint density at radius 3 is 2.36 bits per heavy atom. The first-order valence-electron chi connectivity index (χ1n) is 8.85. The number of carbonyl (C=O) groups is 1. The minimum absolute atomic E-state index is 0.0966. The zero-order chi connectivity index (χ0) is 19.9. The van der Waals surface area contributed by atoms with Crippen LogP contribution in [0.4, 0.5) is 17.2 Å². The van der Waals surface area contributed by atoms with E-state index < -0.39 is 0 Å². The smallest absolute Gasteiger partial charge is 0.255 e. The van der Waals surface area contributed by atoms with Crippen molar-refractivity contribution < 1.29 is 9.53 Å². The Hall–Kier alpha value is -3.85. The highest BCUT2D eigenvalue weighted by Crippen LogP contribution is 2.19. The van der Waals surface area contributed by atoms with E-state index >= 15 is 0 Å². The van der Waals surface area contributed by atoms with Crippen molar-refractivity contribution in [3.8, 4) is 11.8 Å². The van der Waals surface area contributed by atoms with Crippen LogP contribution in [0.1, 0.15) is 29.8 Å². The van der Waals surface area contributed by atoms with Gasteiger partial charge < -0.3 is 15.4 Å². The topological polar surface area (TPSA) is 87.0 Å². The molecular weight excluding hydrogens is 352 g/mol. The molecule has 140 valence electrons. The van der Waals surface area contributed by atoms with Gasteiger partial charge in [0.15, 0.2) is 0 Å². The number of hydrogen-bond acceptors (Lipinski definition) is 5. The van der Waals surface area contributed by atoms with E-state index in [0.29, 0.717) is 22.6 Å². The number of nitriles is 1. The fourth-order valence-corrected chi connectivity index (χ4v) is 2.51. The molecule has 6 heteroatoms. The van der Waals surface area contributed by atoms with Crippen LogP contribution in [0, 0.1) is 11.3 Å². The molecule has 0 bridgehead atoms. The van der Waals surface area contributed by atoms with E-state index in [0.717, 1.165) is 11.4 Å². The van der Waals surface area contributed by atoms with Crippen LogP contribution < -0.4 is 15.4 Å². The zero-order valence-corrected chi connectivity index (χ0v) is 15.6. The van der Waals surface area contributed by atoms with Gasteiger partial charge in [-0.15, -0.1) is 0 Å². The summed E-state index contributed by atoms with van der Waals surface area (Å²) in [5.41, 5.74) is 2.52. The summed E-state index contributed by atoms with van der Waals surface area (Å²) in [7, 11) is 0. The zero-order valence-electron chi connectivity index (χ0n) is 15.6. The third-order valence-corrected chi connectivity index (χ3v) is 3.79. The first kappa shape index (κ1) is 18.9. The summed E-state index contributed by atoms with van der Waals surface area (Å²) in [6.45, 7) is 3.92. The summed E-state index contributed by atoms with van der Waals surface area (Å²) < 4.78 is 5.60. The second-order valence-corrected chi connectivity index (χ2v) is 6.39. The van der Waals surface area contributed by atoms with Crippen LogP contribution in [0.15, 0.2) is 66.9 Å². The maximum atomic E-state index is 12.5. The summed E-state index contributed by atoms with van der Waals surface area (Å²) in [6.07, 6.45) is 1.67. The molecule has 0 aliphatic carbocycles. The van der Waals surface area contributed by atoms with E-state index in [1.165, 1.54) is 0 Å².